The van der Waals surface area contributed by atoms with E-state index in [0.29, 0.717) is 11.5 Å². The Morgan fingerprint density at radius 2 is 1.88 bits per heavy atom. The monoisotopic (exact) mass is 235 g/mol. The highest BCUT2D eigenvalue weighted by atomic mass is 19.1. The molecule has 0 aliphatic rings. The highest BCUT2D eigenvalue weighted by Gasteiger charge is 2.07. The van der Waals surface area contributed by atoms with E-state index in [9.17, 15) is 14.5 Å². The molecular formula is C12H10FNO3. The highest BCUT2D eigenvalue weighted by Crippen LogP contribution is 2.22. The maximum atomic E-state index is 12.7. The SMILES string of the molecule is O=[N+]([O-])CCc1ccc(-c2ccc(F)cc2)o1. The Labute approximate surface area is 96.8 Å². The van der Waals surface area contributed by atoms with E-state index >= 15 is 0 Å². The zero-order valence-electron chi connectivity index (χ0n) is 8.93. The first-order chi connectivity index (χ1) is 8.15. The van der Waals surface area contributed by atoms with Gasteiger partial charge in [-0.1, -0.05) is 0 Å². The average molecular weight is 235 g/mol. The maximum Gasteiger partial charge on any atom is 0.210 e. The Hall–Kier alpha value is -2.17. The number of nitrogens with zero attached hydrogens (tertiary/aromatic N) is 1. The number of furan rings is 1. The number of halogens is 1. The van der Waals surface area contributed by atoms with Gasteiger partial charge in [-0.2, -0.15) is 0 Å². The summed E-state index contributed by atoms with van der Waals surface area (Å²) in [4.78, 5) is 9.82. The quantitative estimate of drug-likeness (QED) is 0.604. The summed E-state index contributed by atoms with van der Waals surface area (Å²) in [6, 6.07) is 9.31. The second-order valence-corrected chi connectivity index (χ2v) is 3.58. The third kappa shape index (κ3) is 2.90. The van der Waals surface area contributed by atoms with Crippen LogP contribution in [0.2, 0.25) is 0 Å². The van der Waals surface area contributed by atoms with E-state index in [-0.39, 0.29) is 23.7 Å². The van der Waals surface area contributed by atoms with Crippen molar-refractivity contribution in [2.45, 2.75) is 6.42 Å². The summed E-state index contributed by atoms with van der Waals surface area (Å²) in [5.41, 5.74) is 0.749. The standard InChI is InChI=1S/C12H10FNO3/c13-10-3-1-9(2-4-10)12-6-5-11(17-12)7-8-14(15)16/h1-6H,7-8H2. The zero-order valence-corrected chi connectivity index (χ0v) is 8.93. The molecule has 0 fully saturated rings. The van der Waals surface area contributed by atoms with Crippen LogP contribution in [0.1, 0.15) is 5.76 Å². The molecule has 0 amide bonds. The molecule has 88 valence electrons. The zero-order chi connectivity index (χ0) is 12.3. The predicted molar refractivity (Wildman–Crippen MR) is 59.7 cm³/mol. The van der Waals surface area contributed by atoms with E-state index in [4.69, 9.17) is 4.42 Å². The molecule has 17 heavy (non-hydrogen) atoms. The topological polar surface area (TPSA) is 56.3 Å². The van der Waals surface area contributed by atoms with Crippen molar-refractivity contribution in [1.82, 2.24) is 0 Å². The van der Waals surface area contributed by atoms with Gasteiger partial charge in [0.05, 0.1) is 6.42 Å². The number of nitro groups is 1. The smallest absolute Gasteiger partial charge is 0.210 e. The van der Waals surface area contributed by atoms with Crippen molar-refractivity contribution in [3.8, 4) is 11.3 Å². The minimum absolute atomic E-state index is 0.156. The number of benzene rings is 1. The van der Waals surface area contributed by atoms with E-state index < -0.39 is 0 Å². The van der Waals surface area contributed by atoms with Gasteiger partial charge in [0.15, 0.2) is 0 Å². The van der Waals surface area contributed by atoms with Gasteiger partial charge in [-0.3, -0.25) is 10.1 Å². The molecule has 0 aliphatic carbocycles. The molecule has 4 nitrogen and oxygen atoms in total. The van der Waals surface area contributed by atoms with Crippen LogP contribution in [-0.4, -0.2) is 11.5 Å². The van der Waals surface area contributed by atoms with Gasteiger partial charge in [-0.15, -0.1) is 0 Å². The van der Waals surface area contributed by atoms with Crippen molar-refractivity contribution in [1.29, 1.82) is 0 Å². The van der Waals surface area contributed by atoms with E-state index in [2.05, 4.69) is 0 Å². The minimum atomic E-state index is -0.389. The van der Waals surface area contributed by atoms with Gasteiger partial charge in [0, 0.05) is 10.5 Å². The van der Waals surface area contributed by atoms with E-state index in [1.54, 1.807) is 24.3 Å². The van der Waals surface area contributed by atoms with Crippen LogP contribution in [0.3, 0.4) is 0 Å². The number of rotatable bonds is 4. The van der Waals surface area contributed by atoms with Crippen LogP contribution in [-0.2, 0) is 6.42 Å². The van der Waals surface area contributed by atoms with Crippen molar-refractivity contribution in [2.75, 3.05) is 6.54 Å². The summed E-state index contributed by atoms with van der Waals surface area (Å²) < 4.78 is 18.1. The lowest BCUT2D eigenvalue weighted by Crippen LogP contribution is -2.02. The Balaban J connectivity index is 2.12. The minimum Gasteiger partial charge on any atom is -0.461 e. The van der Waals surface area contributed by atoms with Crippen LogP contribution < -0.4 is 0 Å². The van der Waals surface area contributed by atoms with Gasteiger partial charge in [0.1, 0.15) is 17.3 Å². The van der Waals surface area contributed by atoms with Crippen LogP contribution in [0.15, 0.2) is 40.8 Å². The molecule has 0 saturated heterocycles. The van der Waals surface area contributed by atoms with Gasteiger partial charge >= 0.3 is 0 Å². The second-order valence-electron chi connectivity index (χ2n) is 3.58. The van der Waals surface area contributed by atoms with Crippen molar-refractivity contribution in [3.05, 3.63) is 58.1 Å². The van der Waals surface area contributed by atoms with Gasteiger partial charge < -0.3 is 4.42 Å². The molecule has 1 aromatic heterocycles. The molecule has 1 heterocycles. The summed E-state index contributed by atoms with van der Waals surface area (Å²) in [6.45, 7) is -0.156. The summed E-state index contributed by atoms with van der Waals surface area (Å²) in [5, 5.41) is 10.2. The summed E-state index contributed by atoms with van der Waals surface area (Å²) in [7, 11) is 0. The first-order valence-electron chi connectivity index (χ1n) is 5.11. The Bertz CT molecular complexity index is 519. The van der Waals surface area contributed by atoms with Crippen molar-refractivity contribution in [3.63, 3.8) is 0 Å². The lowest BCUT2D eigenvalue weighted by molar-refractivity contribution is -0.479. The van der Waals surface area contributed by atoms with Crippen molar-refractivity contribution in [2.24, 2.45) is 0 Å². The molecular weight excluding hydrogens is 225 g/mol. The molecule has 0 bridgehead atoms. The molecule has 0 N–H and O–H groups in total. The maximum absolute atomic E-state index is 12.7. The van der Waals surface area contributed by atoms with Crippen molar-refractivity contribution < 1.29 is 13.7 Å². The van der Waals surface area contributed by atoms with Crippen LogP contribution >= 0.6 is 0 Å². The van der Waals surface area contributed by atoms with Crippen LogP contribution in [0.5, 0.6) is 0 Å². The molecule has 0 aliphatic heterocycles. The third-order valence-corrected chi connectivity index (χ3v) is 2.33. The van der Waals surface area contributed by atoms with Gasteiger partial charge in [-0.25, -0.2) is 4.39 Å². The van der Waals surface area contributed by atoms with Crippen LogP contribution in [0, 0.1) is 15.9 Å². The van der Waals surface area contributed by atoms with Crippen LogP contribution in [0.25, 0.3) is 11.3 Å². The molecule has 0 spiro atoms. The highest BCUT2D eigenvalue weighted by molar-refractivity contribution is 5.57. The van der Waals surface area contributed by atoms with Gasteiger partial charge in [-0.05, 0) is 36.4 Å². The van der Waals surface area contributed by atoms with E-state index in [1.165, 1.54) is 12.1 Å². The molecule has 1 aromatic carbocycles. The normalized spacial score (nSPS) is 10.4. The Morgan fingerprint density at radius 1 is 1.18 bits per heavy atom. The average Bonchev–Trinajstić information content (AvgIpc) is 2.76. The molecule has 5 heteroatoms. The second kappa shape index (κ2) is 4.78. The fourth-order valence-electron chi connectivity index (χ4n) is 1.48. The largest absolute Gasteiger partial charge is 0.461 e. The lowest BCUT2D eigenvalue weighted by Gasteiger charge is -1.96. The number of hydrogen-bond acceptors (Lipinski definition) is 3. The first-order valence-corrected chi connectivity index (χ1v) is 5.11. The summed E-state index contributed by atoms with van der Waals surface area (Å²) in [5.74, 6) is 0.832. The summed E-state index contributed by atoms with van der Waals surface area (Å²) in [6.07, 6.45) is 0.258. The number of hydrogen-bond donors (Lipinski definition) is 0. The molecule has 2 aromatic rings. The fraction of sp³-hybridized carbons (Fsp3) is 0.167. The molecule has 0 atom stereocenters. The van der Waals surface area contributed by atoms with E-state index in [0.717, 1.165) is 5.56 Å². The summed E-state index contributed by atoms with van der Waals surface area (Å²) >= 11 is 0. The lowest BCUT2D eigenvalue weighted by atomic mass is 10.2. The molecule has 0 radical (unpaired) electrons. The van der Waals surface area contributed by atoms with Gasteiger partial charge in [0.2, 0.25) is 6.54 Å². The van der Waals surface area contributed by atoms with E-state index in [1.807, 2.05) is 0 Å². The third-order valence-electron chi connectivity index (χ3n) is 2.33. The Morgan fingerprint density at radius 3 is 2.53 bits per heavy atom. The van der Waals surface area contributed by atoms with Gasteiger partial charge in [0.25, 0.3) is 0 Å². The molecule has 2 rings (SSSR count). The predicted octanol–water partition coefficient (Wildman–Crippen LogP) is 2.90. The van der Waals surface area contributed by atoms with Crippen molar-refractivity contribution >= 4 is 0 Å². The first kappa shape index (κ1) is 11.3. The molecule has 0 unspecified atom stereocenters. The van der Waals surface area contributed by atoms with Crippen LogP contribution in [0.4, 0.5) is 4.39 Å². The molecule has 0 saturated carbocycles. The fourth-order valence-corrected chi connectivity index (χ4v) is 1.48. The Kier molecular flexibility index (Phi) is 3.18.